The monoisotopic (exact) mass is 313 g/mol. The van der Waals surface area contributed by atoms with Gasteiger partial charge in [-0.2, -0.15) is 0 Å². The van der Waals surface area contributed by atoms with E-state index in [4.69, 9.17) is 9.47 Å². The highest BCUT2D eigenvalue weighted by Crippen LogP contribution is 2.20. The summed E-state index contributed by atoms with van der Waals surface area (Å²) in [6.07, 6.45) is 0. The van der Waals surface area contributed by atoms with Crippen molar-refractivity contribution in [1.29, 1.82) is 0 Å². The van der Waals surface area contributed by atoms with E-state index in [1.54, 1.807) is 19.1 Å². The van der Waals surface area contributed by atoms with E-state index in [0.717, 1.165) is 30.2 Å². The van der Waals surface area contributed by atoms with E-state index in [9.17, 15) is 4.79 Å². The minimum absolute atomic E-state index is 0.327. The molecule has 120 valence electrons. The van der Waals surface area contributed by atoms with Crippen molar-refractivity contribution in [2.75, 3.05) is 37.8 Å². The molecule has 1 saturated heterocycles. The Bertz CT molecular complexity index is 667. The van der Waals surface area contributed by atoms with Crippen LogP contribution in [0.1, 0.15) is 17.3 Å². The van der Waals surface area contributed by atoms with Crippen LogP contribution >= 0.6 is 0 Å². The maximum atomic E-state index is 11.8. The molecule has 0 unspecified atom stereocenters. The molecule has 0 aliphatic carbocycles. The summed E-state index contributed by atoms with van der Waals surface area (Å²) in [4.78, 5) is 14.0. The van der Waals surface area contributed by atoms with Gasteiger partial charge in [-0.1, -0.05) is 12.1 Å². The third kappa shape index (κ3) is 3.65. The Morgan fingerprint density at radius 2 is 2.04 bits per heavy atom. The van der Waals surface area contributed by atoms with E-state index < -0.39 is 0 Å². The number of hydrogen-bond acceptors (Lipinski definition) is 6. The summed E-state index contributed by atoms with van der Waals surface area (Å²) < 4.78 is 10.4. The molecule has 2 heterocycles. The lowest BCUT2D eigenvalue weighted by atomic mass is 10.1. The SMILES string of the molecule is CCOC(=O)c1cccc(-c2ccc(N3CCOCC3)nn2)c1. The van der Waals surface area contributed by atoms with Crippen molar-refractivity contribution in [3.63, 3.8) is 0 Å². The van der Waals surface area contributed by atoms with Crippen LogP contribution in [0.5, 0.6) is 0 Å². The van der Waals surface area contributed by atoms with Crippen molar-refractivity contribution < 1.29 is 14.3 Å². The van der Waals surface area contributed by atoms with Gasteiger partial charge < -0.3 is 14.4 Å². The van der Waals surface area contributed by atoms with E-state index >= 15 is 0 Å². The molecule has 1 fully saturated rings. The third-order valence-electron chi connectivity index (χ3n) is 3.66. The highest BCUT2D eigenvalue weighted by Gasteiger charge is 2.13. The fourth-order valence-electron chi connectivity index (χ4n) is 2.46. The number of anilines is 1. The lowest BCUT2D eigenvalue weighted by Gasteiger charge is -2.27. The van der Waals surface area contributed by atoms with Gasteiger partial charge in [0.05, 0.1) is 31.1 Å². The molecule has 3 rings (SSSR count). The zero-order chi connectivity index (χ0) is 16.1. The minimum atomic E-state index is -0.327. The molecular weight excluding hydrogens is 294 g/mol. The van der Waals surface area contributed by atoms with Crippen molar-refractivity contribution >= 4 is 11.8 Å². The number of aromatic nitrogens is 2. The second-order valence-electron chi connectivity index (χ2n) is 5.18. The Labute approximate surface area is 135 Å². The summed E-state index contributed by atoms with van der Waals surface area (Å²) in [7, 11) is 0. The molecule has 1 aliphatic rings. The van der Waals surface area contributed by atoms with Gasteiger partial charge in [0.1, 0.15) is 0 Å². The third-order valence-corrected chi connectivity index (χ3v) is 3.66. The number of carbonyl (C=O) groups excluding carboxylic acids is 1. The molecule has 0 radical (unpaired) electrons. The van der Waals surface area contributed by atoms with E-state index in [0.29, 0.717) is 25.4 Å². The minimum Gasteiger partial charge on any atom is -0.462 e. The van der Waals surface area contributed by atoms with Crippen LogP contribution in [0.2, 0.25) is 0 Å². The van der Waals surface area contributed by atoms with Gasteiger partial charge in [-0.05, 0) is 31.2 Å². The standard InChI is InChI=1S/C17H19N3O3/c1-2-23-17(21)14-5-3-4-13(12-14)15-6-7-16(19-18-15)20-8-10-22-11-9-20/h3-7,12H,2,8-11H2,1H3. The molecule has 0 bridgehead atoms. The number of esters is 1. The highest BCUT2D eigenvalue weighted by molar-refractivity contribution is 5.90. The van der Waals surface area contributed by atoms with Crippen molar-refractivity contribution in [3.8, 4) is 11.3 Å². The molecule has 0 spiro atoms. The number of hydrogen-bond donors (Lipinski definition) is 0. The van der Waals surface area contributed by atoms with Crippen LogP contribution in [0, 0.1) is 0 Å². The average Bonchev–Trinajstić information content (AvgIpc) is 2.63. The normalized spacial score (nSPS) is 14.6. The Balaban J connectivity index is 1.79. The zero-order valence-corrected chi connectivity index (χ0v) is 13.1. The molecule has 6 nitrogen and oxygen atoms in total. The van der Waals surface area contributed by atoms with Crippen molar-refractivity contribution in [2.24, 2.45) is 0 Å². The van der Waals surface area contributed by atoms with Gasteiger partial charge in [0, 0.05) is 18.7 Å². The first kappa shape index (κ1) is 15.4. The molecule has 1 aromatic heterocycles. The fourth-order valence-corrected chi connectivity index (χ4v) is 2.46. The van der Waals surface area contributed by atoms with E-state index in [1.165, 1.54) is 0 Å². The maximum absolute atomic E-state index is 11.8. The number of morpholine rings is 1. The van der Waals surface area contributed by atoms with Crippen molar-refractivity contribution in [2.45, 2.75) is 6.92 Å². The summed E-state index contributed by atoms with van der Waals surface area (Å²) in [5.74, 6) is 0.519. The van der Waals surface area contributed by atoms with Gasteiger partial charge >= 0.3 is 5.97 Å². The molecule has 0 atom stereocenters. The van der Waals surface area contributed by atoms with E-state index in [-0.39, 0.29) is 5.97 Å². The summed E-state index contributed by atoms with van der Waals surface area (Å²) in [5, 5.41) is 8.58. The average molecular weight is 313 g/mol. The van der Waals surface area contributed by atoms with E-state index in [2.05, 4.69) is 15.1 Å². The summed E-state index contributed by atoms with van der Waals surface area (Å²) >= 11 is 0. The van der Waals surface area contributed by atoms with Crippen LogP contribution in [-0.4, -0.2) is 49.1 Å². The lowest BCUT2D eigenvalue weighted by Crippen LogP contribution is -2.36. The van der Waals surface area contributed by atoms with Crippen LogP contribution in [0.15, 0.2) is 36.4 Å². The molecule has 0 amide bonds. The number of rotatable bonds is 4. The molecule has 6 heteroatoms. The van der Waals surface area contributed by atoms with Crippen LogP contribution in [0.25, 0.3) is 11.3 Å². The smallest absolute Gasteiger partial charge is 0.338 e. The van der Waals surface area contributed by atoms with Gasteiger partial charge in [-0.25, -0.2) is 4.79 Å². The van der Waals surface area contributed by atoms with E-state index in [1.807, 2.05) is 24.3 Å². The highest BCUT2D eigenvalue weighted by atomic mass is 16.5. The molecule has 0 N–H and O–H groups in total. The van der Waals surface area contributed by atoms with Gasteiger partial charge in [-0.3, -0.25) is 0 Å². The first-order chi connectivity index (χ1) is 11.3. The number of ether oxygens (including phenoxy) is 2. The maximum Gasteiger partial charge on any atom is 0.338 e. The largest absolute Gasteiger partial charge is 0.462 e. The molecule has 1 aromatic carbocycles. The van der Waals surface area contributed by atoms with Crippen LogP contribution < -0.4 is 4.90 Å². The van der Waals surface area contributed by atoms with Gasteiger partial charge in [0.15, 0.2) is 5.82 Å². The Morgan fingerprint density at radius 3 is 2.74 bits per heavy atom. The predicted octanol–water partition coefficient (Wildman–Crippen LogP) is 2.16. The van der Waals surface area contributed by atoms with Crippen molar-refractivity contribution in [3.05, 3.63) is 42.0 Å². The molecule has 2 aromatic rings. The second kappa shape index (κ2) is 7.19. The first-order valence-corrected chi connectivity index (χ1v) is 7.72. The summed E-state index contributed by atoms with van der Waals surface area (Å²) in [6.45, 7) is 5.23. The first-order valence-electron chi connectivity index (χ1n) is 7.72. The summed E-state index contributed by atoms with van der Waals surface area (Å²) in [6, 6.07) is 11.1. The van der Waals surface area contributed by atoms with Crippen LogP contribution in [-0.2, 0) is 9.47 Å². The van der Waals surface area contributed by atoms with Gasteiger partial charge in [0.25, 0.3) is 0 Å². The number of benzene rings is 1. The van der Waals surface area contributed by atoms with Gasteiger partial charge in [0.2, 0.25) is 0 Å². The molecular formula is C17H19N3O3. The van der Waals surface area contributed by atoms with Crippen LogP contribution in [0.4, 0.5) is 5.82 Å². The fraction of sp³-hybridized carbons (Fsp3) is 0.353. The zero-order valence-electron chi connectivity index (χ0n) is 13.1. The Morgan fingerprint density at radius 1 is 1.22 bits per heavy atom. The van der Waals surface area contributed by atoms with Crippen LogP contribution in [0.3, 0.4) is 0 Å². The number of carbonyl (C=O) groups is 1. The molecule has 1 aliphatic heterocycles. The number of nitrogens with zero attached hydrogens (tertiary/aromatic N) is 3. The Hall–Kier alpha value is -2.47. The predicted molar refractivity (Wildman–Crippen MR) is 86.5 cm³/mol. The Kier molecular flexibility index (Phi) is 4.83. The summed E-state index contributed by atoms with van der Waals surface area (Å²) in [5.41, 5.74) is 2.09. The molecule has 0 saturated carbocycles. The lowest BCUT2D eigenvalue weighted by molar-refractivity contribution is 0.0526. The molecule has 23 heavy (non-hydrogen) atoms. The van der Waals surface area contributed by atoms with Crippen molar-refractivity contribution in [1.82, 2.24) is 10.2 Å². The van der Waals surface area contributed by atoms with Gasteiger partial charge in [-0.15, -0.1) is 10.2 Å². The topological polar surface area (TPSA) is 64.5 Å². The second-order valence-corrected chi connectivity index (χ2v) is 5.18. The quantitative estimate of drug-likeness (QED) is 0.806.